The summed E-state index contributed by atoms with van der Waals surface area (Å²) in [4.78, 5) is 6.25. The van der Waals surface area contributed by atoms with Gasteiger partial charge >= 0.3 is 0 Å². The molecule has 2 rings (SSSR count). The molecule has 72 valence electrons. The zero-order chi connectivity index (χ0) is 9.10. The van der Waals surface area contributed by atoms with Crippen molar-refractivity contribution in [2.24, 2.45) is 0 Å². The summed E-state index contributed by atoms with van der Waals surface area (Å²) in [5.74, 6) is 0. The van der Waals surface area contributed by atoms with E-state index in [0.29, 0.717) is 6.04 Å². The van der Waals surface area contributed by atoms with E-state index in [1.807, 2.05) is 0 Å². The number of hydrogen-bond donors (Lipinski definition) is 0. The summed E-state index contributed by atoms with van der Waals surface area (Å²) in [5, 5.41) is 0. The molecule has 0 unspecified atom stereocenters. The molecule has 0 N–H and O–H groups in total. The number of likely N-dealkylation sites (tertiary alicyclic amines) is 1. The average molecular weight is 178 g/mol. The number of nitrogens with zero attached hydrogens (tertiary/aromatic N) is 2. The summed E-state index contributed by atoms with van der Waals surface area (Å²) >= 11 is 0. The van der Waals surface area contributed by atoms with E-state index in [-0.39, 0.29) is 0 Å². The second kappa shape index (κ2) is 4.11. The zero-order valence-electron chi connectivity index (χ0n) is 8.21. The molecule has 0 amide bonds. The Morgan fingerprint density at radius 1 is 1.00 bits per heavy atom. The Labute approximate surface area is 80.7 Å². The Hall–Kier alpha value is -0.550. The Kier molecular flexibility index (Phi) is 2.85. The average Bonchev–Trinajstić information content (AvgIpc) is 2.71. The molecule has 0 aromatic rings. The SMILES string of the molecule is [C-]#[N+]C1CCN(C2CCCC2)CC1. The summed E-state index contributed by atoms with van der Waals surface area (Å²) in [5.41, 5.74) is 0. The van der Waals surface area contributed by atoms with E-state index in [1.165, 1.54) is 38.8 Å². The summed E-state index contributed by atoms with van der Waals surface area (Å²) < 4.78 is 0. The van der Waals surface area contributed by atoms with Gasteiger partial charge in [-0.2, -0.15) is 0 Å². The predicted molar refractivity (Wildman–Crippen MR) is 53.5 cm³/mol. The van der Waals surface area contributed by atoms with Crippen LogP contribution in [-0.2, 0) is 0 Å². The van der Waals surface area contributed by atoms with Gasteiger partial charge in [-0.3, -0.25) is 4.90 Å². The van der Waals surface area contributed by atoms with E-state index >= 15 is 0 Å². The first-order valence-electron chi connectivity index (χ1n) is 5.51. The molecule has 13 heavy (non-hydrogen) atoms. The van der Waals surface area contributed by atoms with Crippen molar-refractivity contribution in [3.8, 4) is 0 Å². The fourth-order valence-corrected chi connectivity index (χ4v) is 2.65. The smallest absolute Gasteiger partial charge is 0.226 e. The van der Waals surface area contributed by atoms with Gasteiger partial charge in [0, 0.05) is 32.0 Å². The molecule has 1 saturated heterocycles. The highest BCUT2D eigenvalue weighted by Crippen LogP contribution is 2.26. The van der Waals surface area contributed by atoms with Gasteiger partial charge in [0.05, 0.1) is 0 Å². The molecule has 0 spiro atoms. The molecule has 1 heterocycles. The van der Waals surface area contributed by atoms with Crippen LogP contribution in [0.5, 0.6) is 0 Å². The standard InChI is InChI=1S/C11H18N2/c1-12-10-6-8-13(9-7-10)11-4-2-3-5-11/h10-11H,2-9H2. The maximum atomic E-state index is 6.98. The van der Waals surface area contributed by atoms with E-state index in [2.05, 4.69) is 9.74 Å². The van der Waals surface area contributed by atoms with Crippen LogP contribution in [0.15, 0.2) is 0 Å². The minimum absolute atomic E-state index is 0.331. The van der Waals surface area contributed by atoms with Crippen molar-refractivity contribution in [1.82, 2.24) is 4.90 Å². The van der Waals surface area contributed by atoms with Crippen LogP contribution in [0, 0.1) is 6.57 Å². The fraction of sp³-hybridized carbons (Fsp3) is 0.909. The highest BCUT2D eigenvalue weighted by molar-refractivity contribution is 4.88. The van der Waals surface area contributed by atoms with Crippen LogP contribution >= 0.6 is 0 Å². The van der Waals surface area contributed by atoms with E-state index in [0.717, 1.165) is 18.9 Å². The van der Waals surface area contributed by atoms with E-state index in [9.17, 15) is 0 Å². The third-order valence-corrected chi connectivity index (χ3v) is 3.52. The van der Waals surface area contributed by atoms with Crippen molar-refractivity contribution < 1.29 is 0 Å². The van der Waals surface area contributed by atoms with Gasteiger partial charge in [0.25, 0.3) is 0 Å². The highest BCUT2D eigenvalue weighted by atomic mass is 15.2. The topological polar surface area (TPSA) is 7.60 Å². The lowest BCUT2D eigenvalue weighted by Crippen LogP contribution is -2.40. The van der Waals surface area contributed by atoms with E-state index in [1.54, 1.807) is 0 Å². The number of hydrogen-bond acceptors (Lipinski definition) is 1. The summed E-state index contributed by atoms with van der Waals surface area (Å²) in [7, 11) is 0. The van der Waals surface area contributed by atoms with Crippen LogP contribution in [0.25, 0.3) is 4.85 Å². The number of rotatable bonds is 1. The van der Waals surface area contributed by atoms with Crippen LogP contribution in [-0.4, -0.2) is 30.1 Å². The molecule has 1 saturated carbocycles. The summed E-state index contributed by atoms with van der Waals surface area (Å²) in [6, 6.07) is 1.20. The molecule has 2 fully saturated rings. The second-order valence-corrected chi connectivity index (χ2v) is 4.33. The van der Waals surface area contributed by atoms with Gasteiger partial charge in [0.15, 0.2) is 0 Å². The maximum Gasteiger partial charge on any atom is 0.226 e. The highest BCUT2D eigenvalue weighted by Gasteiger charge is 2.28. The molecular weight excluding hydrogens is 160 g/mol. The molecule has 0 aromatic heterocycles. The number of piperidine rings is 1. The van der Waals surface area contributed by atoms with Crippen molar-refractivity contribution >= 4 is 0 Å². The van der Waals surface area contributed by atoms with Crippen molar-refractivity contribution in [2.75, 3.05) is 13.1 Å². The van der Waals surface area contributed by atoms with Crippen LogP contribution in [0.1, 0.15) is 38.5 Å². The van der Waals surface area contributed by atoms with Crippen LogP contribution in [0.4, 0.5) is 0 Å². The molecule has 0 aromatic carbocycles. The third kappa shape index (κ3) is 2.03. The van der Waals surface area contributed by atoms with Gasteiger partial charge in [0.1, 0.15) is 0 Å². The van der Waals surface area contributed by atoms with Gasteiger partial charge in [0.2, 0.25) is 6.04 Å². The minimum Gasteiger partial charge on any atom is -0.314 e. The second-order valence-electron chi connectivity index (χ2n) is 4.33. The Balaban J connectivity index is 1.81. The third-order valence-electron chi connectivity index (χ3n) is 3.52. The lowest BCUT2D eigenvalue weighted by molar-refractivity contribution is 0.162. The quantitative estimate of drug-likeness (QED) is 0.559. The minimum atomic E-state index is 0.331. The maximum absolute atomic E-state index is 6.98. The largest absolute Gasteiger partial charge is 0.314 e. The molecule has 2 nitrogen and oxygen atoms in total. The predicted octanol–water partition coefficient (Wildman–Crippen LogP) is 2.31. The molecule has 1 aliphatic heterocycles. The van der Waals surface area contributed by atoms with E-state index < -0.39 is 0 Å². The fourth-order valence-electron chi connectivity index (χ4n) is 2.65. The van der Waals surface area contributed by atoms with Gasteiger partial charge in [-0.25, -0.2) is 6.57 Å². The summed E-state index contributed by atoms with van der Waals surface area (Å²) in [6.45, 7) is 9.34. The van der Waals surface area contributed by atoms with Gasteiger partial charge in [-0.1, -0.05) is 12.8 Å². The Morgan fingerprint density at radius 2 is 1.62 bits per heavy atom. The van der Waals surface area contributed by atoms with E-state index in [4.69, 9.17) is 6.57 Å². The molecule has 0 bridgehead atoms. The molecule has 0 atom stereocenters. The summed E-state index contributed by atoms with van der Waals surface area (Å²) in [6.07, 6.45) is 7.88. The van der Waals surface area contributed by atoms with Crippen molar-refractivity contribution in [2.45, 2.75) is 50.6 Å². The molecule has 2 aliphatic rings. The molecule has 1 aliphatic carbocycles. The van der Waals surface area contributed by atoms with Gasteiger partial charge in [-0.15, -0.1) is 0 Å². The Bertz CT molecular complexity index is 193. The van der Waals surface area contributed by atoms with Crippen LogP contribution in [0.3, 0.4) is 0 Å². The Morgan fingerprint density at radius 3 is 2.15 bits per heavy atom. The molecule has 2 heteroatoms. The van der Waals surface area contributed by atoms with Crippen LogP contribution in [0.2, 0.25) is 0 Å². The van der Waals surface area contributed by atoms with Gasteiger partial charge < -0.3 is 4.85 Å². The van der Waals surface area contributed by atoms with Crippen molar-refractivity contribution in [3.05, 3.63) is 11.4 Å². The van der Waals surface area contributed by atoms with Crippen LogP contribution < -0.4 is 0 Å². The lowest BCUT2D eigenvalue weighted by atomic mass is 10.0. The van der Waals surface area contributed by atoms with Crippen molar-refractivity contribution in [1.29, 1.82) is 0 Å². The first-order chi connectivity index (χ1) is 6.40. The van der Waals surface area contributed by atoms with Crippen molar-refractivity contribution in [3.63, 3.8) is 0 Å². The molecule has 0 radical (unpaired) electrons. The monoisotopic (exact) mass is 178 g/mol. The first kappa shape index (κ1) is 9.02. The normalized spacial score (nSPS) is 27.6. The first-order valence-corrected chi connectivity index (χ1v) is 5.51. The zero-order valence-corrected chi connectivity index (χ0v) is 8.21. The lowest BCUT2D eigenvalue weighted by Gasteiger charge is -2.32. The molecular formula is C11H18N2. The van der Waals surface area contributed by atoms with Gasteiger partial charge in [-0.05, 0) is 12.8 Å².